The number of carbonyl (C=O) groups excluding carboxylic acids is 1. The van der Waals surface area contributed by atoms with E-state index in [4.69, 9.17) is 10.8 Å². The van der Waals surface area contributed by atoms with Crippen molar-refractivity contribution in [2.45, 2.75) is 27.2 Å². The fraction of sp³-hybridized carbons (Fsp3) is 0.692. The zero-order chi connectivity index (χ0) is 15.1. The third-order valence-corrected chi connectivity index (χ3v) is 3.78. The summed E-state index contributed by atoms with van der Waals surface area (Å²) >= 11 is 1.27. The van der Waals surface area contributed by atoms with Crippen molar-refractivity contribution in [1.29, 1.82) is 0 Å². The molecule has 114 valence electrons. The van der Waals surface area contributed by atoms with E-state index in [2.05, 4.69) is 29.5 Å². The second-order valence-electron chi connectivity index (χ2n) is 5.34. The van der Waals surface area contributed by atoms with E-state index >= 15 is 0 Å². The normalized spacial score (nSPS) is 12.4. The molecule has 0 saturated heterocycles. The molecule has 0 aliphatic rings. The first-order valence-corrected chi connectivity index (χ1v) is 7.64. The lowest BCUT2D eigenvalue weighted by atomic mass is 10.1. The zero-order valence-corrected chi connectivity index (χ0v) is 13.1. The maximum atomic E-state index is 12.0. The molecule has 20 heavy (non-hydrogen) atoms. The van der Waals surface area contributed by atoms with Crippen molar-refractivity contribution in [3.8, 4) is 0 Å². The molecule has 5 N–H and O–H groups in total. The number of carbonyl (C=O) groups is 1. The van der Waals surface area contributed by atoms with Gasteiger partial charge in [-0.1, -0.05) is 32.1 Å². The van der Waals surface area contributed by atoms with Crippen LogP contribution in [0.2, 0.25) is 0 Å². The SMILES string of the molecule is CC(C)CNc1nc(N)c(C(=O)NCC(C)CCO)s1. The minimum atomic E-state index is -0.206. The first-order valence-electron chi connectivity index (χ1n) is 6.83. The van der Waals surface area contributed by atoms with Crippen LogP contribution in [0.25, 0.3) is 0 Å². The number of aliphatic hydroxyl groups is 1. The van der Waals surface area contributed by atoms with Crippen molar-refractivity contribution < 1.29 is 9.90 Å². The van der Waals surface area contributed by atoms with Gasteiger partial charge in [0.25, 0.3) is 5.91 Å². The Morgan fingerprint density at radius 3 is 2.70 bits per heavy atom. The molecule has 1 aromatic heterocycles. The summed E-state index contributed by atoms with van der Waals surface area (Å²) in [6.07, 6.45) is 0.666. The fourth-order valence-corrected chi connectivity index (χ4v) is 2.34. The molecule has 1 amide bonds. The van der Waals surface area contributed by atoms with Crippen LogP contribution in [0.15, 0.2) is 0 Å². The summed E-state index contributed by atoms with van der Waals surface area (Å²) in [7, 11) is 0. The van der Waals surface area contributed by atoms with E-state index in [9.17, 15) is 4.79 Å². The lowest BCUT2D eigenvalue weighted by Crippen LogP contribution is -2.28. The van der Waals surface area contributed by atoms with E-state index in [1.807, 2.05) is 6.92 Å². The number of amides is 1. The third-order valence-electron chi connectivity index (χ3n) is 2.75. The van der Waals surface area contributed by atoms with Gasteiger partial charge in [-0.2, -0.15) is 0 Å². The van der Waals surface area contributed by atoms with Gasteiger partial charge in [0.2, 0.25) is 0 Å². The second kappa shape index (κ2) is 8.06. The van der Waals surface area contributed by atoms with Crippen molar-refractivity contribution in [3.05, 3.63) is 4.88 Å². The molecule has 0 radical (unpaired) electrons. The van der Waals surface area contributed by atoms with Crippen LogP contribution in [0.1, 0.15) is 36.9 Å². The molecule has 0 bridgehead atoms. The number of thiazole rings is 1. The van der Waals surface area contributed by atoms with Crippen LogP contribution in [0, 0.1) is 11.8 Å². The number of nitrogens with zero attached hydrogens (tertiary/aromatic N) is 1. The number of nitrogens with two attached hydrogens (primary N) is 1. The van der Waals surface area contributed by atoms with Crippen LogP contribution in [0.4, 0.5) is 10.9 Å². The zero-order valence-electron chi connectivity index (χ0n) is 12.3. The predicted octanol–water partition coefficient (Wildman–Crippen LogP) is 1.54. The fourth-order valence-electron chi connectivity index (χ4n) is 1.53. The molecule has 0 aliphatic heterocycles. The van der Waals surface area contributed by atoms with Gasteiger partial charge in [0.05, 0.1) is 0 Å². The number of nitrogen functional groups attached to an aromatic ring is 1. The first kappa shape index (κ1) is 16.7. The molecule has 1 unspecified atom stereocenters. The van der Waals surface area contributed by atoms with Crippen molar-refractivity contribution in [2.24, 2.45) is 11.8 Å². The summed E-state index contributed by atoms with van der Waals surface area (Å²) in [4.78, 5) is 16.6. The molecule has 1 rings (SSSR count). The Bertz CT molecular complexity index is 434. The minimum Gasteiger partial charge on any atom is -0.396 e. The lowest BCUT2D eigenvalue weighted by Gasteiger charge is -2.10. The molecule has 7 heteroatoms. The summed E-state index contributed by atoms with van der Waals surface area (Å²) in [5.41, 5.74) is 5.77. The molecule has 0 fully saturated rings. The standard InChI is InChI=1S/C13H24N4O2S/c1-8(2)6-16-13-17-11(14)10(20-13)12(19)15-7-9(3)4-5-18/h8-9,18H,4-7,14H2,1-3H3,(H,15,19)(H,16,17). The van der Waals surface area contributed by atoms with E-state index in [0.29, 0.717) is 28.9 Å². The number of aromatic nitrogens is 1. The van der Waals surface area contributed by atoms with Gasteiger partial charge >= 0.3 is 0 Å². The van der Waals surface area contributed by atoms with E-state index in [1.54, 1.807) is 0 Å². The quantitative estimate of drug-likeness (QED) is 0.583. The molecule has 0 aromatic carbocycles. The molecule has 1 atom stereocenters. The van der Waals surface area contributed by atoms with Crippen LogP contribution in [0.5, 0.6) is 0 Å². The average molecular weight is 300 g/mol. The summed E-state index contributed by atoms with van der Waals surface area (Å²) in [6, 6.07) is 0. The first-order chi connectivity index (χ1) is 9.43. The van der Waals surface area contributed by atoms with Gasteiger partial charge in [-0.3, -0.25) is 4.79 Å². The summed E-state index contributed by atoms with van der Waals surface area (Å²) in [5, 5.41) is 15.5. The Morgan fingerprint density at radius 1 is 1.40 bits per heavy atom. The van der Waals surface area contributed by atoms with Crippen LogP contribution >= 0.6 is 11.3 Å². The van der Waals surface area contributed by atoms with Crippen LogP contribution in [-0.4, -0.2) is 35.7 Å². The Hall–Kier alpha value is -1.34. The molecule has 0 aliphatic carbocycles. The maximum absolute atomic E-state index is 12.0. The van der Waals surface area contributed by atoms with Gasteiger partial charge in [0, 0.05) is 19.7 Å². The largest absolute Gasteiger partial charge is 0.396 e. The van der Waals surface area contributed by atoms with Crippen LogP contribution in [-0.2, 0) is 0 Å². The number of aliphatic hydroxyl groups excluding tert-OH is 1. The highest BCUT2D eigenvalue weighted by Gasteiger charge is 2.16. The molecule has 1 heterocycles. The van der Waals surface area contributed by atoms with Crippen molar-refractivity contribution >= 4 is 28.2 Å². The van der Waals surface area contributed by atoms with Gasteiger partial charge in [0.15, 0.2) is 5.13 Å². The van der Waals surface area contributed by atoms with E-state index < -0.39 is 0 Å². The number of nitrogens with one attached hydrogen (secondary N) is 2. The highest BCUT2D eigenvalue weighted by molar-refractivity contribution is 7.18. The second-order valence-corrected chi connectivity index (χ2v) is 6.33. The molecular formula is C13H24N4O2S. The van der Waals surface area contributed by atoms with Crippen molar-refractivity contribution in [1.82, 2.24) is 10.3 Å². The van der Waals surface area contributed by atoms with E-state index in [0.717, 1.165) is 6.54 Å². The Morgan fingerprint density at radius 2 is 2.10 bits per heavy atom. The highest BCUT2D eigenvalue weighted by atomic mass is 32.1. The molecule has 0 saturated carbocycles. The maximum Gasteiger partial charge on any atom is 0.265 e. The Balaban J connectivity index is 2.55. The van der Waals surface area contributed by atoms with E-state index in [-0.39, 0.29) is 24.2 Å². The minimum absolute atomic E-state index is 0.128. The number of rotatable bonds is 8. The summed E-state index contributed by atoms with van der Waals surface area (Å²) in [6.45, 7) is 7.61. The van der Waals surface area contributed by atoms with Gasteiger partial charge in [0.1, 0.15) is 10.7 Å². The summed E-state index contributed by atoms with van der Waals surface area (Å²) < 4.78 is 0. The van der Waals surface area contributed by atoms with Gasteiger partial charge < -0.3 is 21.5 Å². The number of hydrogen-bond donors (Lipinski definition) is 4. The summed E-state index contributed by atoms with van der Waals surface area (Å²) in [5.74, 6) is 0.782. The van der Waals surface area contributed by atoms with E-state index in [1.165, 1.54) is 11.3 Å². The topological polar surface area (TPSA) is 100 Å². The number of hydrogen-bond acceptors (Lipinski definition) is 6. The lowest BCUT2D eigenvalue weighted by molar-refractivity contribution is 0.0950. The molecule has 0 spiro atoms. The van der Waals surface area contributed by atoms with Crippen LogP contribution < -0.4 is 16.4 Å². The molecule has 1 aromatic rings. The van der Waals surface area contributed by atoms with Crippen molar-refractivity contribution in [3.63, 3.8) is 0 Å². The van der Waals surface area contributed by atoms with Gasteiger partial charge in [-0.15, -0.1) is 0 Å². The third kappa shape index (κ3) is 5.34. The Kier molecular flexibility index (Phi) is 6.74. The number of anilines is 2. The monoisotopic (exact) mass is 300 g/mol. The van der Waals surface area contributed by atoms with Crippen molar-refractivity contribution in [2.75, 3.05) is 30.7 Å². The smallest absolute Gasteiger partial charge is 0.265 e. The predicted molar refractivity (Wildman–Crippen MR) is 83.1 cm³/mol. The average Bonchev–Trinajstić information content (AvgIpc) is 2.75. The van der Waals surface area contributed by atoms with Crippen LogP contribution in [0.3, 0.4) is 0 Å². The molecule has 6 nitrogen and oxygen atoms in total. The Labute approximate surface area is 123 Å². The van der Waals surface area contributed by atoms with Gasteiger partial charge in [-0.25, -0.2) is 4.98 Å². The molecular weight excluding hydrogens is 276 g/mol. The highest BCUT2D eigenvalue weighted by Crippen LogP contribution is 2.25. The van der Waals surface area contributed by atoms with Gasteiger partial charge in [-0.05, 0) is 18.3 Å².